The smallest absolute Gasteiger partial charge is 0.262 e. The predicted molar refractivity (Wildman–Crippen MR) is 65.5 cm³/mol. The third-order valence-electron chi connectivity index (χ3n) is 2.07. The van der Waals surface area contributed by atoms with Gasteiger partial charge in [-0.2, -0.15) is 0 Å². The number of hydrogen-bond acceptors (Lipinski definition) is 5. The van der Waals surface area contributed by atoms with E-state index in [1.54, 1.807) is 18.2 Å². The monoisotopic (exact) mass is 285 g/mol. The number of benzene rings is 1. The molecule has 1 N–H and O–H groups in total. The number of aromatic hydroxyl groups is 1. The standard InChI is InChI=1S/C11H8ClNO4S/c12-18(15,16)8-5-6-11(13-7-8)17-10-4-2-1-3-9(10)14/h1-7,14H. The number of nitrogens with zero attached hydrogens (tertiary/aromatic N) is 1. The highest BCUT2D eigenvalue weighted by atomic mass is 35.7. The maximum Gasteiger partial charge on any atom is 0.262 e. The van der Waals surface area contributed by atoms with E-state index in [2.05, 4.69) is 4.98 Å². The molecule has 1 aromatic heterocycles. The van der Waals surface area contributed by atoms with Gasteiger partial charge in [-0.15, -0.1) is 0 Å². The second kappa shape index (κ2) is 4.83. The Labute approximate surface area is 108 Å². The molecule has 0 bridgehead atoms. The van der Waals surface area contributed by atoms with Crippen LogP contribution in [0.3, 0.4) is 0 Å². The lowest BCUT2D eigenvalue weighted by molar-refractivity contribution is 0.402. The van der Waals surface area contributed by atoms with Crippen LogP contribution in [-0.2, 0) is 9.05 Å². The second-order valence-electron chi connectivity index (χ2n) is 3.34. The van der Waals surface area contributed by atoms with Gasteiger partial charge in [0, 0.05) is 16.7 Å². The van der Waals surface area contributed by atoms with Gasteiger partial charge in [-0.05, 0) is 18.2 Å². The van der Waals surface area contributed by atoms with E-state index >= 15 is 0 Å². The fourth-order valence-corrected chi connectivity index (χ4v) is 1.91. The van der Waals surface area contributed by atoms with Gasteiger partial charge in [-0.25, -0.2) is 13.4 Å². The molecule has 7 heteroatoms. The molecule has 94 valence electrons. The molecule has 1 heterocycles. The molecular formula is C11H8ClNO4S. The van der Waals surface area contributed by atoms with E-state index in [0.29, 0.717) is 0 Å². The Kier molecular flexibility index (Phi) is 3.40. The third-order valence-corrected chi connectivity index (χ3v) is 3.41. The van der Waals surface area contributed by atoms with E-state index in [1.165, 1.54) is 18.2 Å². The van der Waals surface area contributed by atoms with Crippen LogP contribution in [0.25, 0.3) is 0 Å². The van der Waals surface area contributed by atoms with E-state index in [9.17, 15) is 13.5 Å². The van der Waals surface area contributed by atoms with Crippen molar-refractivity contribution in [1.29, 1.82) is 0 Å². The summed E-state index contributed by atoms with van der Waals surface area (Å²) in [5.41, 5.74) is 0. The largest absolute Gasteiger partial charge is 0.504 e. The van der Waals surface area contributed by atoms with Gasteiger partial charge in [0.25, 0.3) is 9.05 Å². The van der Waals surface area contributed by atoms with E-state index in [0.717, 1.165) is 6.20 Å². The lowest BCUT2D eigenvalue weighted by Gasteiger charge is -2.06. The normalized spacial score (nSPS) is 11.2. The number of ether oxygens (including phenoxy) is 1. The Balaban J connectivity index is 2.24. The lowest BCUT2D eigenvalue weighted by atomic mass is 10.3. The zero-order chi connectivity index (χ0) is 13.2. The number of pyridine rings is 1. The van der Waals surface area contributed by atoms with Crippen LogP contribution in [0.2, 0.25) is 0 Å². The number of halogens is 1. The summed E-state index contributed by atoms with van der Waals surface area (Å²) < 4.78 is 27.3. The molecule has 2 aromatic rings. The molecule has 0 aliphatic heterocycles. The molecule has 1 aromatic carbocycles. The maximum atomic E-state index is 11.0. The van der Waals surface area contributed by atoms with Gasteiger partial charge in [-0.1, -0.05) is 12.1 Å². The average molecular weight is 286 g/mol. The topological polar surface area (TPSA) is 76.5 Å². The molecule has 5 nitrogen and oxygen atoms in total. The highest BCUT2D eigenvalue weighted by Crippen LogP contribution is 2.29. The molecule has 0 amide bonds. The summed E-state index contributed by atoms with van der Waals surface area (Å²) in [6.45, 7) is 0. The summed E-state index contributed by atoms with van der Waals surface area (Å²) >= 11 is 0. The molecule has 0 radical (unpaired) electrons. The first-order valence-corrected chi connectivity index (χ1v) is 7.14. The van der Waals surface area contributed by atoms with Crippen LogP contribution in [0.4, 0.5) is 0 Å². The minimum absolute atomic E-state index is 0.0339. The van der Waals surface area contributed by atoms with Gasteiger partial charge in [-0.3, -0.25) is 0 Å². The van der Waals surface area contributed by atoms with Gasteiger partial charge in [0.05, 0.1) is 6.20 Å². The molecule has 0 aliphatic rings. The van der Waals surface area contributed by atoms with Crippen LogP contribution in [0.5, 0.6) is 17.4 Å². The SMILES string of the molecule is O=S(=O)(Cl)c1ccc(Oc2ccccc2O)nc1. The summed E-state index contributed by atoms with van der Waals surface area (Å²) in [5, 5.41) is 9.49. The van der Waals surface area contributed by atoms with Crippen LogP contribution in [0.15, 0.2) is 47.5 Å². The number of phenolic OH excluding ortho intramolecular Hbond substituents is 1. The molecule has 0 spiro atoms. The van der Waals surface area contributed by atoms with Crippen LogP contribution in [0.1, 0.15) is 0 Å². The summed E-state index contributed by atoms with van der Waals surface area (Å²) in [6.07, 6.45) is 1.08. The molecule has 0 fully saturated rings. The molecule has 0 atom stereocenters. The van der Waals surface area contributed by atoms with E-state index in [1.807, 2.05) is 0 Å². The summed E-state index contributed by atoms with van der Waals surface area (Å²) in [5.74, 6) is 0.348. The minimum Gasteiger partial charge on any atom is -0.504 e. The molecule has 0 saturated heterocycles. The number of rotatable bonds is 3. The van der Waals surface area contributed by atoms with Crippen LogP contribution < -0.4 is 4.74 Å². The number of phenols is 1. The Hall–Kier alpha value is -1.79. The molecule has 2 rings (SSSR count). The van der Waals surface area contributed by atoms with Gasteiger partial charge in [0.2, 0.25) is 5.88 Å². The number of aromatic nitrogens is 1. The van der Waals surface area contributed by atoms with E-state index < -0.39 is 9.05 Å². The van der Waals surface area contributed by atoms with Gasteiger partial charge in [0.15, 0.2) is 11.5 Å². The van der Waals surface area contributed by atoms with Gasteiger partial charge >= 0.3 is 0 Å². The first-order chi connectivity index (χ1) is 8.47. The van der Waals surface area contributed by atoms with Crippen molar-refractivity contribution >= 4 is 19.7 Å². The Bertz CT molecular complexity index is 655. The second-order valence-corrected chi connectivity index (χ2v) is 5.91. The van der Waals surface area contributed by atoms with Crippen molar-refractivity contribution in [3.05, 3.63) is 42.6 Å². The molecule has 18 heavy (non-hydrogen) atoms. The fraction of sp³-hybridized carbons (Fsp3) is 0. The predicted octanol–water partition coefficient (Wildman–Crippen LogP) is 2.51. The van der Waals surface area contributed by atoms with Crippen molar-refractivity contribution in [2.24, 2.45) is 0 Å². The number of para-hydroxylation sites is 2. The molecule has 0 saturated carbocycles. The average Bonchev–Trinajstić information content (AvgIpc) is 2.32. The summed E-state index contributed by atoms with van der Waals surface area (Å²) in [7, 11) is 1.35. The highest BCUT2D eigenvalue weighted by molar-refractivity contribution is 8.13. The Morgan fingerprint density at radius 1 is 1.17 bits per heavy atom. The zero-order valence-corrected chi connectivity index (χ0v) is 10.5. The van der Waals surface area contributed by atoms with E-state index in [4.69, 9.17) is 15.4 Å². The molecule has 0 aliphatic carbocycles. The summed E-state index contributed by atoms with van der Waals surface area (Å²) in [6, 6.07) is 8.98. The Morgan fingerprint density at radius 2 is 1.89 bits per heavy atom. The van der Waals surface area contributed by atoms with Crippen molar-refractivity contribution in [2.75, 3.05) is 0 Å². The molecule has 0 unspecified atom stereocenters. The first kappa shape index (κ1) is 12.7. The lowest BCUT2D eigenvalue weighted by Crippen LogP contribution is -1.93. The minimum atomic E-state index is -3.80. The maximum absolute atomic E-state index is 11.0. The van der Waals surface area contributed by atoms with Crippen molar-refractivity contribution in [1.82, 2.24) is 4.98 Å². The van der Waals surface area contributed by atoms with Crippen LogP contribution in [-0.4, -0.2) is 18.5 Å². The van der Waals surface area contributed by atoms with Gasteiger partial charge in [0.1, 0.15) is 4.90 Å². The quantitative estimate of drug-likeness (QED) is 0.877. The molecular weight excluding hydrogens is 278 g/mol. The Morgan fingerprint density at radius 3 is 2.44 bits per heavy atom. The highest BCUT2D eigenvalue weighted by Gasteiger charge is 2.11. The summed E-state index contributed by atoms with van der Waals surface area (Å²) in [4.78, 5) is 3.67. The van der Waals surface area contributed by atoms with Crippen molar-refractivity contribution < 1.29 is 18.3 Å². The van der Waals surface area contributed by atoms with Gasteiger partial charge < -0.3 is 9.84 Å². The van der Waals surface area contributed by atoms with Crippen LogP contribution in [0, 0.1) is 0 Å². The zero-order valence-electron chi connectivity index (χ0n) is 8.95. The van der Waals surface area contributed by atoms with Crippen molar-refractivity contribution in [2.45, 2.75) is 4.90 Å². The third kappa shape index (κ3) is 2.91. The van der Waals surface area contributed by atoms with Crippen molar-refractivity contribution in [3.8, 4) is 17.4 Å². The van der Waals surface area contributed by atoms with Crippen LogP contribution >= 0.6 is 10.7 Å². The fourth-order valence-electron chi connectivity index (χ4n) is 1.23. The number of hydrogen-bond donors (Lipinski definition) is 1. The van der Waals surface area contributed by atoms with Crippen molar-refractivity contribution in [3.63, 3.8) is 0 Å². The first-order valence-electron chi connectivity index (χ1n) is 4.83. The van der Waals surface area contributed by atoms with E-state index in [-0.39, 0.29) is 22.3 Å².